The molecular weight excluding hydrogens is 262 g/mol. The number of nitrogens with two attached hydrogens (primary N) is 1. The second kappa shape index (κ2) is 6.96. The fourth-order valence-corrected chi connectivity index (χ4v) is 3.49. The lowest BCUT2D eigenvalue weighted by atomic mass is 10.0. The van der Waals surface area contributed by atoms with Crippen molar-refractivity contribution >= 4 is 11.8 Å². The standard InChI is InChI=1S/C18H23NS/c1-13-8-9-17(15(3)10-13)18(19)12-20-11-16-7-5-4-6-14(16)2/h4-10,18H,11-12,19H2,1-3H3. The Morgan fingerprint density at radius 2 is 1.75 bits per heavy atom. The summed E-state index contributed by atoms with van der Waals surface area (Å²) >= 11 is 1.91. The van der Waals surface area contributed by atoms with Crippen molar-refractivity contribution in [3.63, 3.8) is 0 Å². The largest absolute Gasteiger partial charge is 0.323 e. The summed E-state index contributed by atoms with van der Waals surface area (Å²) in [5.74, 6) is 1.99. The maximum atomic E-state index is 6.33. The molecule has 2 heteroatoms. The highest BCUT2D eigenvalue weighted by Crippen LogP contribution is 2.23. The van der Waals surface area contributed by atoms with E-state index in [9.17, 15) is 0 Å². The highest BCUT2D eigenvalue weighted by Gasteiger charge is 2.09. The van der Waals surface area contributed by atoms with Crippen LogP contribution in [0.25, 0.3) is 0 Å². The summed E-state index contributed by atoms with van der Waals surface area (Å²) < 4.78 is 0. The second-order valence-corrected chi connectivity index (χ2v) is 6.44. The molecular formula is C18H23NS. The van der Waals surface area contributed by atoms with E-state index in [1.807, 2.05) is 11.8 Å². The summed E-state index contributed by atoms with van der Waals surface area (Å²) in [4.78, 5) is 0. The molecule has 0 aliphatic carbocycles. The minimum Gasteiger partial charge on any atom is -0.323 e. The third-order valence-electron chi connectivity index (χ3n) is 3.64. The van der Waals surface area contributed by atoms with Crippen LogP contribution in [0.4, 0.5) is 0 Å². The van der Waals surface area contributed by atoms with Crippen molar-refractivity contribution in [1.82, 2.24) is 0 Å². The van der Waals surface area contributed by atoms with E-state index in [-0.39, 0.29) is 6.04 Å². The molecule has 1 nitrogen and oxygen atoms in total. The average Bonchev–Trinajstić information content (AvgIpc) is 2.40. The van der Waals surface area contributed by atoms with Gasteiger partial charge in [0.2, 0.25) is 0 Å². The van der Waals surface area contributed by atoms with E-state index in [0.717, 1.165) is 11.5 Å². The quantitative estimate of drug-likeness (QED) is 0.872. The van der Waals surface area contributed by atoms with Crippen molar-refractivity contribution in [2.75, 3.05) is 5.75 Å². The number of benzene rings is 2. The van der Waals surface area contributed by atoms with Crippen LogP contribution in [-0.4, -0.2) is 5.75 Å². The Bertz CT molecular complexity index is 577. The molecule has 20 heavy (non-hydrogen) atoms. The highest BCUT2D eigenvalue weighted by atomic mass is 32.2. The van der Waals surface area contributed by atoms with Gasteiger partial charge >= 0.3 is 0 Å². The smallest absolute Gasteiger partial charge is 0.0389 e. The van der Waals surface area contributed by atoms with Crippen LogP contribution in [0, 0.1) is 20.8 Å². The van der Waals surface area contributed by atoms with E-state index in [4.69, 9.17) is 5.73 Å². The zero-order chi connectivity index (χ0) is 14.5. The Hall–Kier alpha value is -1.25. The molecule has 0 aliphatic rings. The molecule has 0 bridgehead atoms. The minimum absolute atomic E-state index is 0.115. The molecule has 1 atom stereocenters. The van der Waals surface area contributed by atoms with Crippen LogP contribution >= 0.6 is 11.8 Å². The van der Waals surface area contributed by atoms with Crippen LogP contribution in [0.3, 0.4) is 0 Å². The van der Waals surface area contributed by atoms with E-state index in [1.54, 1.807) is 0 Å². The number of thioether (sulfide) groups is 1. The number of rotatable bonds is 5. The summed E-state index contributed by atoms with van der Waals surface area (Å²) in [5, 5.41) is 0. The van der Waals surface area contributed by atoms with Crippen LogP contribution in [0.5, 0.6) is 0 Å². The Morgan fingerprint density at radius 3 is 2.45 bits per heavy atom. The van der Waals surface area contributed by atoms with Crippen LogP contribution in [0.2, 0.25) is 0 Å². The molecule has 106 valence electrons. The molecule has 0 saturated heterocycles. The van der Waals surface area contributed by atoms with Gasteiger partial charge in [-0.3, -0.25) is 0 Å². The monoisotopic (exact) mass is 285 g/mol. The Kier molecular flexibility index (Phi) is 5.27. The van der Waals surface area contributed by atoms with E-state index in [1.165, 1.54) is 27.8 Å². The van der Waals surface area contributed by atoms with Crippen LogP contribution in [0.15, 0.2) is 42.5 Å². The average molecular weight is 285 g/mol. The fourth-order valence-electron chi connectivity index (χ4n) is 2.40. The predicted octanol–water partition coefficient (Wildman–Crippen LogP) is 4.55. The summed E-state index contributed by atoms with van der Waals surface area (Å²) in [6.45, 7) is 6.43. The Labute approximate surface area is 126 Å². The van der Waals surface area contributed by atoms with Crippen molar-refractivity contribution in [3.8, 4) is 0 Å². The normalized spacial score (nSPS) is 12.4. The minimum atomic E-state index is 0.115. The lowest BCUT2D eigenvalue weighted by molar-refractivity contribution is 0.822. The molecule has 2 aromatic carbocycles. The molecule has 0 saturated carbocycles. The highest BCUT2D eigenvalue weighted by molar-refractivity contribution is 7.98. The third kappa shape index (κ3) is 3.87. The molecule has 0 spiro atoms. The van der Waals surface area contributed by atoms with Gasteiger partial charge in [0, 0.05) is 17.5 Å². The van der Waals surface area contributed by atoms with Crippen molar-refractivity contribution < 1.29 is 0 Å². The third-order valence-corrected chi connectivity index (χ3v) is 4.75. The molecule has 2 rings (SSSR count). The molecule has 0 aromatic heterocycles. The predicted molar refractivity (Wildman–Crippen MR) is 90.2 cm³/mol. The van der Waals surface area contributed by atoms with Crippen molar-refractivity contribution in [1.29, 1.82) is 0 Å². The first-order chi connectivity index (χ1) is 9.58. The van der Waals surface area contributed by atoms with Gasteiger partial charge in [-0.05, 0) is 43.0 Å². The van der Waals surface area contributed by atoms with E-state index < -0.39 is 0 Å². The second-order valence-electron chi connectivity index (χ2n) is 5.41. The van der Waals surface area contributed by atoms with Gasteiger partial charge in [0.25, 0.3) is 0 Å². The topological polar surface area (TPSA) is 26.0 Å². The van der Waals surface area contributed by atoms with Gasteiger partial charge in [0.15, 0.2) is 0 Å². The molecule has 2 aromatic rings. The summed E-state index contributed by atoms with van der Waals surface area (Å²) in [6, 6.07) is 15.2. The first kappa shape index (κ1) is 15.1. The first-order valence-corrected chi connectivity index (χ1v) is 8.18. The van der Waals surface area contributed by atoms with Crippen molar-refractivity contribution in [2.24, 2.45) is 5.73 Å². The summed E-state index contributed by atoms with van der Waals surface area (Å²) in [5.41, 5.74) is 13.0. The number of hydrogen-bond acceptors (Lipinski definition) is 2. The zero-order valence-electron chi connectivity index (χ0n) is 12.5. The van der Waals surface area contributed by atoms with Gasteiger partial charge in [-0.2, -0.15) is 11.8 Å². The zero-order valence-corrected chi connectivity index (χ0v) is 13.3. The van der Waals surface area contributed by atoms with Gasteiger partial charge in [0.1, 0.15) is 0 Å². The van der Waals surface area contributed by atoms with Crippen LogP contribution in [0.1, 0.15) is 33.9 Å². The summed E-state index contributed by atoms with van der Waals surface area (Å²) in [6.07, 6.45) is 0. The van der Waals surface area contributed by atoms with E-state index in [0.29, 0.717) is 0 Å². The molecule has 0 heterocycles. The maximum Gasteiger partial charge on any atom is 0.0389 e. The van der Waals surface area contributed by atoms with Crippen molar-refractivity contribution in [2.45, 2.75) is 32.6 Å². The first-order valence-electron chi connectivity index (χ1n) is 7.03. The lowest BCUT2D eigenvalue weighted by Gasteiger charge is -2.15. The summed E-state index contributed by atoms with van der Waals surface area (Å²) in [7, 11) is 0. The molecule has 0 radical (unpaired) electrons. The van der Waals surface area contributed by atoms with Gasteiger partial charge in [0.05, 0.1) is 0 Å². The number of hydrogen-bond donors (Lipinski definition) is 1. The molecule has 1 unspecified atom stereocenters. The lowest BCUT2D eigenvalue weighted by Crippen LogP contribution is -2.14. The molecule has 0 amide bonds. The van der Waals surface area contributed by atoms with Crippen molar-refractivity contribution in [3.05, 3.63) is 70.3 Å². The number of aryl methyl sites for hydroxylation is 3. The Morgan fingerprint density at radius 1 is 1.00 bits per heavy atom. The molecule has 2 N–H and O–H groups in total. The SMILES string of the molecule is Cc1ccc(C(N)CSCc2ccccc2C)c(C)c1. The van der Waals surface area contributed by atoms with E-state index >= 15 is 0 Å². The fraction of sp³-hybridized carbons (Fsp3) is 0.333. The van der Waals surface area contributed by atoms with Crippen LogP contribution in [-0.2, 0) is 5.75 Å². The molecule has 0 fully saturated rings. The molecule has 0 aliphatic heterocycles. The van der Waals surface area contributed by atoms with Gasteiger partial charge < -0.3 is 5.73 Å². The maximum absolute atomic E-state index is 6.33. The van der Waals surface area contributed by atoms with Gasteiger partial charge in [-0.1, -0.05) is 48.0 Å². The Balaban J connectivity index is 1.92. The van der Waals surface area contributed by atoms with Gasteiger partial charge in [-0.15, -0.1) is 0 Å². The van der Waals surface area contributed by atoms with E-state index in [2.05, 4.69) is 63.2 Å². The van der Waals surface area contributed by atoms with Crippen LogP contribution < -0.4 is 5.73 Å². The van der Waals surface area contributed by atoms with Gasteiger partial charge in [-0.25, -0.2) is 0 Å².